The van der Waals surface area contributed by atoms with E-state index in [9.17, 15) is 0 Å². The van der Waals surface area contributed by atoms with Crippen LogP contribution in [0.25, 0.3) is 0 Å². The molecule has 4 aliphatic rings. The molecule has 0 aliphatic carbocycles. The lowest BCUT2D eigenvalue weighted by Gasteiger charge is -2.01. The first-order chi connectivity index (χ1) is 11.3. The van der Waals surface area contributed by atoms with E-state index < -0.39 is 0 Å². The first-order valence-corrected chi connectivity index (χ1v) is 8.38. The van der Waals surface area contributed by atoms with Crippen LogP contribution in [-0.2, 0) is 0 Å². The van der Waals surface area contributed by atoms with Gasteiger partial charge in [-0.2, -0.15) is 0 Å². The van der Waals surface area contributed by atoms with Crippen LogP contribution >= 0.6 is 0 Å². The van der Waals surface area contributed by atoms with Crippen LogP contribution in [0.5, 0.6) is 0 Å². The van der Waals surface area contributed by atoms with Gasteiger partial charge in [0.25, 0.3) is 0 Å². The normalized spacial score (nSPS) is 16.7. The molecule has 4 saturated heterocycles. The van der Waals surface area contributed by atoms with E-state index in [0.29, 0.717) is 5.92 Å². The van der Waals surface area contributed by atoms with Gasteiger partial charge in [0, 0.05) is 52.4 Å². The van der Waals surface area contributed by atoms with Crippen molar-refractivity contribution in [3.63, 3.8) is 0 Å². The van der Waals surface area contributed by atoms with Crippen molar-refractivity contribution in [2.45, 2.75) is 19.8 Å². The zero-order valence-corrected chi connectivity index (χ0v) is 14.5. The van der Waals surface area contributed by atoms with Gasteiger partial charge < -0.3 is 21.3 Å². The van der Waals surface area contributed by atoms with Crippen molar-refractivity contribution < 1.29 is 10.5 Å². The van der Waals surface area contributed by atoms with Crippen LogP contribution in [-0.4, -0.2) is 62.9 Å². The van der Waals surface area contributed by atoms with Gasteiger partial charge in [-0.1, -0.05) is 44.2 Å². The minimum absolute atomic E-state index is 0.659. The summed E-state index contributed by atoms with van der Waals surface area (Å²) in [6.45, 7) is 14.4. The fourth-order valence-corrected chi connectivity index (χ4v) is 0.838. The Bertz CT molecular complexity index is 294. The molecule has 23 heavy (non-hydrogen) atoms. The van der Waals surface area contributed by atoms with Gasteiger partial charge in [0.05, 0.1) is 0 Å². The van der Waals surface area contributed by atoms with E-state index in [1.165, 1.54) is 57.9 Å². The fourth-order valence-electron chi connectivity index (χ4n) is 0.838. The quantitative estimate of drug-likeness (QED) is 0.261. The highest BCUT2D eigenvalue weighted by molar-refractivity contribution is 5.17. The molecule has 4 aliphatic heterocycles. The molecular formula is C17H34N4O2. The van der Waals surface area contributed by atoms with E-state index in [-0.39, 0.29) is 0 Å². The summed E-state index contributed by atoms with van der Waals surface area (Å²) in [6, 6.07) is 10.5. The molecule has 0 unspecified atom stereocenters. The van der Waals surface area contributed by atoms with Crippen molar-refractivity contribution in [1.29, 1.82) is 0 Å². The van der Waals surface area contributed by atoms with Crippen LogP contribution in [0.3, 0.4) is 0 Å². The largest absolute Gasteiger partial charge is 0.314 e. The van der Waals surface area contributed by atoms with Crippen molar-refractivity contribution in [3.05, 3.63) is 35.9 Å². The SMILES string of the molecule is C1CN1.C1CN1.C1CN1.C1CN1.CC(C)c1ccccc1.OO. The highest BCUT2D eigenvalue weighted by Crippen LogP contribution is 2.11. The Hall–Kier alpha value is -1.02. The van der Waals surface area contributed by atoms with Crippen molar-refractivity contribution in [2.75, 3.05) is 52.4 Å². The van der Waals surface area contributed by atoms with E-state index >= 15 is 0 Å². The van der Waals surface area contributed by atoms with Gasteiger partial charge in [-0.15, -0.1) is 0 Å². The Morgan fingerprint density at radius 1 is 0.652 bits per heavy atom. The van der Waals surface area contributed by atoms with Crippen LogP contribution in [0.1, 0.15) is 25.3 Å². The Balaban J connectivity index is 0.000000284. The Kier molecular flexibility index (Phi) is 16.6. The van der Waals surface area contributed by atoms with Gasteiger partial charge in [0.2, 0.25) is 0 Å². The predicted octanol–water partition coefficient (Wildman–Crippen LogP) is 1.19. The minimum atomic E-state index is 0.659. The molecule has 5 rings (SSSR count). The van der Waals surface area contributed by atoms with E-state index in [4.69, 9.17) is 10.5 Å². The third-order valence-corrected chi connectivity index (χ3v) is 2.47. The summed E-state index contributed by atoms with van der Waals surface area (Å²) in [5.41, 5.74) is 1.41. The second kappa shape index (κ2) is 17.3. The standard InChI is InChI=1S/C9H12.4C2H5N.H2O2/c1-8(2)9-6-4-3-5-7-9;4*1-2-3-1;1-2/h3-8H,1-2H3;4*3H,1-2H2;1-2H. The van der Waals surface area contributed by atoms with Crippen LogP contribution in [0.4, 0.5) is 0 Å². The van der Waals surface area contributed by atoms with Crippen LogP contribution in [0.2, 0.25) is 0 Å². The minimum Gasteiger partial charge on any atom is -0.314 e. The third kappa shape index (κ3) is 33.7. The van der Waals surface area contributed by atoms with E-state index in [1.54, 1.807) is 0 Å². The van der Waals surface area contributed by atoms with E-state index in [0.717, 1.165) is 0 Å². The van der Waals surface area contributed by atoms with Crippen LogP contribution < -0.4 is 21.3 Å². The fraction of sp³-hybridized carbons (Fsp3) is 0.647. The first kappa shape index (κ1) is 22.0. The van der Waals surface area contributed by atoms with E-state index in [1.807, 2.05) is 6.07 Å². The van der Waals surface area contributed by atoms with Gasteiger partial charge in [0.15, 0.2) is 0 Å². The number of benzene rings is 1. The Labute approximate surface area is 140 Å². The molecule has 1 aromatic carbocycles. The number of hydrogen-bond donors (Lipinski definition) is 6. The predicted molar refractivity (Wildman–Crippen MR) is 97.3 cm³/mol. The molecule has 0 spiro atoms. The molecule has 0 amide bonds. The van der Waals surface area contributed by atoms with Gasteiger partial charge in [-0.25, -0.2) is 0 Å². The molecule has 0 bridgehead atoms. The summed E-state index contributed by atoms with van der Waals surface area (Å²) >= 11 is 0. The molecule has 4 fully saturated rings. The summed E-state index contributed by atoms with van der Waals surface area (Å²) in [5.74, 6) is 0.659. The monoisotopic (exact) mass is 326 g/mol. The second-order valence-corrected chi connectivity index (χ2v) is 5.57. The maximum atomic E-state index is 6.00. The topological polar surface area (TPSA) is 128 Å². The summed E-state index contributed by atoms with van der Waals surface area (Å²) < 4.78 is 0. The summed E-state index contributed by atoms with van der Waals surface area (Å²) in [6.07, 6.45) is 0. The van der Waals surface area contributed by atoms with Gasteiger partial charge in [-0.3, -0.25) is 10.5 Å². The summed E-state index contributed by atoms with van der Waals surface area (Å²) in [5, 5.41) is 24.0. The number of nitrogens with one attached hydrogen (secondary N) is 4. The van der Waals surface area contributed by atoms with Crippen molar-refractivity contribution >= 4 is 0 Å². The Morgan fingerprint density at radius 3 is 1.04 bits per heavy atom. The number of hydrogen-bond acceptors (Lipinski definition) is 6. The van der Waals surface area contributed by atoms with Gasteiger partial charge >= 0.3 is 0 Å². The third-order valence-electron chi connectivity index (χ3n) is 2.47. The smallest absolute Gasteiger partial charge is 0.00772 e. The van der Waals surface area contributed by atoms with Crippen molar-refractivity contribution in [2.24, 2.45) is 0 Å². The van der Waals surface area contributed by atoms with Crippen molar-refractivity contribution in [3.8, 4) is 0 Å². The first-order valence-electron chi connectivity index (χ1n) is 8.38. The molecule has 6 N–H and O–H groups in total. The lowest BCUT2D eigenvalue weighted by molar-refractivity contribution is -0.176. The van der Waals surface area contributed by atoms with Gasteiger partial charge in [0.1, 0.15) is 0 Å². The van der Waals surface area contributed by atoms with Crippen LogP contribution in [0, 0.1) is 0 Å². The maximum Gasteiger partial charge on any atom is 0.00772 e. The summed E-state index contributed by atoms with van der Waals surface area (Å²) in [4.78, 5) is 0. The van der Waals surface area contributed by atoms with Crippen molar-refractivity contribution in [1.82, 2.24) is 21.3 Å². The zero-order valence-electron chi connectivity index (χ0n) is 14.5. The second-order valence-electron chi connectivity index (χ2n) is 5.57. The lowest BCUT2D eigenvalue weighted by atomic mass is 10.0. The average molecular weight is 326 g/mol. The molecule has 1 aromatic rings. The maximum absolute atomic E-state index is 6.00. The highest BCUT2D eigenvalue weighted by atomic mass is 17.0. The molecule has 134 valence electrons. The molecular weight excluding hydrogens is 292 g/mol. The van der Waals surface area contributed by atoms with E-state index in [2.05, 4.69) is 59.4 Å². The zero-order chi connectivity index (χ0) is 17.2. The van der Waals surface area contributed by atoms with Gasteiger partial charge in [-0.05, 0) is 11.5 Å². The molecule has 0 aromatic heterocycles. The molecule has 0 radical (unpaired) electrons. The van der Waals surface area contributed by atoms with Crippen LogP contribution in [0.15, 0.2) is 30.3 Å². The molecule has 4 heterocycles. The lowest BCUT2D eigenvalue weighted by Crippen LogP contribution is -1.83. The molecule has 0 atom stereocenters. The average Bonchev–Trinajstić information content (AvgIpc) is 3.50. The number of rotatable bonds is 1. The molecule has 6 heteroatoms. The summed E-state index contributed by atoms with van der Waals surface area (Å²) in [7, 11) is 0. The Morgan fingerprint density at radius 2 is 0.913 bits per heavy atom. The highest BCUT2D eigenvalue weighted by Gasteiger charge is 1.93. The molecule has 6 nitrogen and oxygen atoms in total. The molecule has 0 saturated carbocycles.